The van der Waals surface area contributed by atoms with E-state index in [1.807, 2.05) is 0 Å². The van der Waals surface area contributed by atoms with Crippen LogP contribution < -0.4 is 0 Å². The molecule has 0 spiro atoms. The van der Waals surface area contributed by atoms with Gasteiger partial charge in [0.2, 0.25) is 0 Å². The molecule has 2 rings (SSSR count). The summed E-state index contributed by atoms with van der Waals surface area (Å²) in [7, 11) is -8.19. The van der Waals surface area contributed by atoms with E-state index in [0.717, 1.165) is 64.6 Å². The zero-order valence-corrected chi connectivity index (χ0v) is 25.1. The summed E-state index contributed by atoms with van der Waals surface area (Å²) >= 11 is 0. The molecule has 2 fully saturated rings. The third-order valence-electron chi connectivity index (χ3n) is 5.08. The fourth-order valence-electron chi connectivity index (χ4n) is 4.02. The maximum Gasteiger partial charge on any atom is 0.312 e. The van der Waals surface area contributed by atoms with E-state index in [0.29, 0.717) is 12.2 Å². The first-order valence-electron chi connectivity index (χ1n) is 11.8. The van der Waals surface area contributed by atoms with Crippen molar-refractivity contribution < 1.29 is 31.3 Å². The summed E-state index contributed by atoms with van der Waals surface area (Å²) in [5.74, 6) is 0. The molecule has 0 aromatic heterocycles. The van der Waals surface area contributed by atoms with Crippen molar-refractivity contribution in [2.45, 2.75) is 89.5 Å². The summed E-state index contributed by atoms with van der Waals surface area (Å²) in [5.41, 5.74) is 0. The SMILES string of the molecule is C[Si](C)(CCCOCC1CO1)O[Si](C)(C)O[Si](C)(C)O[Si](C)(C)CCCOCC1CO1. The molecule has 0 bridgehead atoms. The quantitative estimate of drug-likeness (QED) is 0.153. The highest BCUT2D eigenvalue weighted by Crippen LogP contribution is 2.27. The summed E-state index contributed by atoms with van der Waals surface area (Å²) in [5, 5.41) is 0. The van der Waals surface area contributed by atoms with Crippen LogP contribution in [0, 0.1) is 0 Å². The van der Waals surface area contributed by atoms with Crippen LogP contribution >= 0.6 is 0 Å². The molecule has 2 aliphatic rings. The number of hydrogen-bond donors (Lipinski definition) is 0. The lowest BCUT2D eigenvalue weighted by Crippen LogP contribution is -2.56. The van der Waals surface area contributed by atoms with Crippen LogP contribution in [0.3, 0.4) is 0 Å². The van der Waals surface area contributed by atoms with Gasteiger partial charge in [-0.3, -0.25) is 0 Å². The third kappa shape index (κ3) is 13.8. The first kappa shape index (κ1) is 27.8. The van der Waals surface area contributed by atoms with Gasteiger partial charge in [-0.2, -0.15) is 0 Å². The predicted molar refractivity (Wildman–Crippen MR) is 133 cm³/mol. The van der Waals surface area contributed by atoms with Gasteiger partial charge in [0.15, 0.2) is 16.6 Å². The second kappa shape index (κ2) is 11.8. The van der Waals surface area contributed by atoms with Gasteiger partial charge in [0.1, 0.15) is 12.2 Å². The Balaban J connectivity index is 1.67. The molecule has 0 saturated carbocycles. The Morgan fingerprint density at radius 1 is 0.613 bits per heavy atom. The standard InChI is InChI=1S/C20H46O7Si4/c1-28(2,13-9-11-21-15-19-17-23-19)25-30(5,6)27-31(7,8)26-29(3,4)14-10-12-22-16-20-18-24-20/h19-20H,9-18H2,1-8H3. The highest BCUT2D eigenvalue weighted by molar-refractivity contribution is 6.89. The van der Waals surface area contributed by atoms with Crippen LogP contribution in [0.5, 0.6) is 0 Å². The predicted octanol–water partition coefficient (Wildman–Crippen LogP) is 4.46. The van der Waals surface area contributed by atoms with Crippen molar-refractivity contribution >= 4 is 33.8 Å². The second-order valence-corrected chi connectivity index (χ2v) is 27.0. The highest BCUT2D eigenvalue weighted by Gasteiger charge is 2.43. The molecule has 0 amide bonds. The maximum absolute atomic E-state index is 6.67. The molecule has 2 heterocycles. The van der Waals surface area contributed by atoms with Crippen molar-refractivity contribution in [2.75, 3.05) is 39.6 Å². The van der Waals surface area contributed by atoms with Crippen LogP contribution in [-0.2, 0) is 31.3 Å². The van der Waals surface area contributed by atoms with E-state index in [2.05, 4.69) is 52.4 Å². The van der Waals surface area contributed by atoms with Gasteiger partial charge in [-0.25, -0.2) is 0 Å². The Morgan fingerprint density at radius 3 is 1.29 bits per heavy atom. The van der Waals surface area contributed by atoms with Crippen molar-refractivity contribution in [1.29, 1.82) is 0 Å². The minimum atomic E-state index is -2.28. The van der Waals surface area contributed by atoms with E-state index in [4.69, 9.17) is 31.3 Å². The normalized spacial score (nSPS) is 22.1. The molecule has 7 nitrogen and oxygen atoms in total. The lowest BCUT2D eigenvalue weighted by atomic mass is 10.5. The van der Waals surface area contributed by atoms with Gasteiger partial charge >= 0.3 is 17.1 Å². The van der Waals surface area contributed by atoms with Gasteiger partial charge in [-0.15, -0.1) is 0 Å². The molecule has 0 N–H and O–H groups in total. The number of epoxide rings is 2. The summed E-state index contributed by atoms with van der Waals surface area (Å²) in [6.07, 6.45) is 2.74. The van der Waals surface area contributed by atoms with E-state index in [-0.39, 0.29) is 0 Å². The van der Waals surface area contributed by atoms with Gasteiger partial charge < -0.3 is 31.3 Å². The molecular formula is C20H46O7Si4. The smallest absolute Gasteiger partial charge is 0.312 e. The minimum Gasteiger partial charge on any atom is -0.436 e. The topological polar surface area (TPSA) is 71.2 Å². The van der Waals surface area contributed by atoms with Crippen molar-refractivity contribution in [2.24, 2.45) is 0 Å². The van der Waals surface area contributed by atoms with Crippen LogP contribution in [0.4, 0.5) is 0 Å². The molecule has 2 unspecified atom stereocenters. The van der Waals surface area contributed by atoms with Crippen LogP contribution in [0.15, 0.2) is 0 Å². The van der Waals surface area contributed by atoms with Crippen molar-refractivity contribution in [3.63, 3.8) is 0 Å². The largest absolute Gasteiger partial charge is 0.436 e. The van der Waals surface area contributed by atoms with Gasteiger partial charge in [-0.1, -0.05) is 0 Å². The number of hydrogen-bond acceptors (Lipinski definition) is 7. The number of ether oxygens (including phenoxy) is 4. The molecule has 2 saturated heterocycles. The first-order valence-corrected chi connectivity index (χ1v) is 23.6. The lowest BCUT2D eigenvalue weighted by Gasteiger charge is -2.41. The third-order valence-corrected chi connectivity index (χ3v) is 20.5. The molecule has 11 heteroatoms. The Morgan fingerprint density at radius 2 is 0.968 bits per heavy atom. The fourth-order valence-corrected chi connectivity index (χ4v) is 23.3. The average Bonchev–Trinajstić information content (AvgIpc) is 3.45. The highest BCUT2D eigenvalue weighted by atomic mass is 28.5. The Hall–Kier alpha value is 0.588. The van der Waals surface area contributed by atoms with Gasteiger partial charge in [-0.05, 0) is 77.3 Å². The molecule has 2 aliphatic heterocycles. The van der Waals surface area contributed by atoms with E-state index in [1.165, 1.54) is 0 Å². The summed E-state index contributed by atoms with van der Waals surface area (Å²) in [6, 6.07) is 2.15. The second-order valence-electron chi connectivity index (χ2n) is 10.9. The first-order chi connectivity index (χ1) is 14.3. The van der Waals surface area contributed by atoms with Gasteiger partial charge in [0, 0.05) is 13.2 Å². The lowest BCUT2D eigenvalue weighted by molar-refractivity contribution is 0.116. The molecule has 0 aromatic carbocycles. The molecule has 31 heavy (non-hydrogen) atoms. The Bertz CT molecular complexity index is 492. The van der Waals surface area contributed by atoms with Crippen LogP contribution in [0.2, 0.25) is 64.5 Å². The van der Waals surface area contributed by atoms with Crippen LogP contribution in [0.25, 0.3) is 0 Å². The summed E-state index contributed by atoms with van der Waals surface area (Å²) in [4.78, 5) is 0. The number of rotatable bonds is 18. The average molecular weight is 511 g/mol. The van der Waals surface area contributed by atoms with E-state index < -0.39 is 33.8 Å². The van der Waals surface area contributed by atoms with Crippen molar-refractivity contribution in [3.8, 4) is 0 Å². The van der Waals surface area contributed by atoms with Crippen LogP contribution in [0.1, 0.15) is 12.8 Å². The van der Waals surface area contributed by atoms with Gasteiger partial charge in [0.25, 0.3) is 0 Å². The van der Waals surface area contributed by atoms with E-state index >= 15 is 0 Å². The molecule has 184 valence electrons. The monoisotopic (exact) mass is 510 g/mol. The fraction of sp³-hybridized carbons (Fsp3) is 1.00. The van der Waals surface area contributed by atoms with E-state index in [1.54, 1.807) is 0 Å². The zero-order valence-electron chi connectivity index (χ0n) is 21.1. The van der Waals surface area contributed by atoms with Crippen molar-refractivity contribution in [3.05, 3.63) is 0 Å². The zero-order chi connectivity index (χ0) is 23.2. The Labute approximate surface area is 194 Å². The van der Waals surface area contributed by atoms with E-state index in [9.17, 15) is 0 Å². The van der Waals surface area contributed by atoms with Gasteiger partial charge in [0.05, 0.1) is 26.4 Å². The molecule has 0 aromatic rings. The molecular weight excluding hydrogens is 465 g/mol. The molecule has 0 radical (unpaired) electrons. The maximum atomic E-state index is 6.67. The summed E-state index contributed by atoms with van der Waals surface area (Å²) < 4.78 is 41.7. The van der Waals surface area contributed by atoms with Crippen molar-refractivity contribution in [1.82, 2.24) is 0 Å². The Kier molecular flexibility index (Phi) is 10.6. The molecule has 0 aliphatic carbocycles. The minimum absolute atomic E-state index is 0.339. The van der Waals surface area contributed by atoms with Crippen LogP contribution in [-0.4, -0.2) is 85.6 Å². The summed E-state index contributed by atoms with van der Waals surface area (Å²) in [6.45, 7) is 22.5. The molecule has 2 atom stereocenters.